The Morgan fingerprint density at radius 3 is 2.56 bits per heavy atom. The van der Waals surface area contributed by atoms with E-state index < -0.39 is 0 Å². The minimum Gasteiger partial charge on any atom is -0.369 e. The zero-order valence-corrected chi connectivity index (χ0v) is 16.0. The third kappa shape index (κ3) is 5.06. The van der Waals surface area contributed by atoms with E-state index in [0.29, 0.717) is 0 Å². The van der Waals surface area contributed by atoms with Crippen molar-refractivity contribution < 1.29 is 4.79 Å². The van der Waals surface area contributed by atoms with Crippen LogP contribution >= 0.6 is 0 Å². The van der Waals surface area contributed by atoms with Crippen LogP contribution in [0.1, 0.15) is 38.4 Å². The van der Waals surface area contributed by atoms with Gasteiger partial charge in [-0.3, -0.25) is 9.48 Å². The molecule has 0 aliphatic carbocycles. The maximum atomic E-state index is 11.0. The van der Waals surface area contributed by atoms with E-state index in [-0.39, 0.29) is 11.8 Å². The Hall–Kier alpha value is -2.89. The number of H-pyrrole nitrogens is 1. The average Bonchev–Trinajstić information content (AvgIpc) is 3.30. The largest absolute Gasteiger partial charge is 0.369 e. The smallest absolute Gasteiger partial charge is 0.220 e. The summed E-state index contributed by atoms with van der Waals surface area (Å²) in [7, 11) is 1.92. The first-order valence-electron chi connectivity index (χ1n) is 9.46. The molecular weight excluding hydrogens is 338 g/mol. The lowest BCUT2D eigenvalue weighted by Gasteiger charge is -2.05. The molecule has 0 saturated heterocycles. The van der Waals surface area contributed by atoms with Gasteiger partial charge in [-0.2, -0.15) is 5.10 Å². The fourth-order valence-electron chi connectivity index (χ4n) is 3.09. The van der Waals surface area contributed by atoms with E-state index in [9.17, 15) is 4.79 Å². The Morgan fingerprint density at radius 2 is 1.89 bits per heavy atom. The number of carbonyl (C=O) groups excluding carboxylic acids is 1. The van der Waals surface area contributed by atoms with Gasteiger partial charge in [-0.1, -0.05) is 44.0 Å². The van der Waals surface area contributed by atoms with Crippen molar-refractivity contribution in [3.8, 4) is 22.5 Å². The summed E-state index contributed by atoms with van der Waals surface area (Å²) in [6.45, 7) is 1.89. The van der Waals surface area contributed by atoms with Gasteiger partial charge in [-0.05, 0) is 24.5 Å². The van der Waals surface area contributed by atoms with Crippen LogP contribution in [0.15, 0.2) is 42.7 Å². The lowest BCUT2D eigenvalue weighted by molar-refractivity contribution is -0.121. The Kier molecular flexibility index (Phi) is 6.06. The lowest BCUT2D eigenvalue weighted by atomic mass is 10.0. The van der Waals surface area contributed by atoms with Crippen molar-refractivity contribution in [2.45, 2.75) is 39.0 Å². The Balaban J connectivity index is 1.51. The normalized spacial score (nSPS) is 12.2. The van der Waals surface area contributed by atoms with Crippen molar-refractivity contribution in [3.05, 3.63) is 48.5 Å². The van der Waals surface area contributed by atoms with Crippen molar-refractivity contribution >= 4 is 5.91 Å². The van der Waals surface area contributed by atoms with Gasteiger partial charge in [-0.25, -0.2) is 4.98 Å². The Bertz CT molecular complexity index is 878. The van der Waals surface area contributed by atoms with Crippen LogP contribution in [0, 0.1) is 5.92 Å². The Labute approximate surface area is 159 Å². The molecule has 27 heavy (non-hydrogen) atoms. The van der Waals surface area contributed by atoms with Crippen LogP contribution in [0.2, 0.25) is 0 Å². The Morgan fingerprint density at radius 1 is 1.15 bits per heavy atom. The quantitative estimate of drug-likeness (QED) is 0.567. The molecule has 0 aliphatic rings. The van der Waals surface area contributed by atoms with Crippen molar-refractivity contribution in [1.82, 2.24) is 19.7 Å². The number of nitrogens with zero attached hydrogens (tertiary/aromatic N) is 3. The van der Waals surface area contributed by atoms with E-state index in [4.69, 9.17) is 5.73 Å². The van der Waals surface area contributed by atoms with E-state index in [1.54, 1.807) is 4.68 Å². The topological polar surface area (TPSA) is 89.6 Å². The molecule has 6 heteroatoms. The number of amides is 1. The maximum Gasteiger partial charge on any atom is 0.220 e. The molecule has 3 N–H and O–H groups in total. The summed E-state index contributed by atoms with van der Waals surface area (Å²) in [4.78, 5) is 18.9. The second-order valence-electron chi connectivity index (χ2n) is 7.10. The molecule has 1 amide bonds. The molecule has 3 aromatic rings. The zero-order chi connectivity index (χ0) is 19.2. The summed E-state index contributed by atoms with van der Waals surface area (Å²) in [5, 5.41) is 4.43. The number of rotatable bonds is 9. The third-order valence-electron chi connectivity index (χ3n) is 4.87. The number of aromatic amines is 1. The van der Waals surface area contributed by atoms with Gasteiger partial charge in [-0.15, -0.1) is 0 Å². The fourth-order valence-corrected chi connectivity index (χ4v) is 3.09. The molecule has 1 aromatic carbocycles. The predicted octanol–water partition coefficient (Wildman–Crippen LogP) is 3.70. The summed E-state index contributed by atoms with van der Waals surface area (Å²) in [6, 6.07) is 10.3. The highest BCUT2D eigenvalue weighted by molar-refractivity contribution is 5.76. The van der Waals surface area contributed by atoms with Crippen molar-refractivity contribution in [2.75, 3.05) is 0 Å². The molecule has 3 rings (SSSR count). The number of carbonyl (C=O) groups is 1. The molecule has 6 nitrogen and oxygen atoms in total. The van der Waals surface area contributed by atoms with Crippen LogP contribution in [0.5, 0.6) is 0 Å². The molecule has 142 valence electrons. The van der Waals surface area contributed by atoms with Crippen LogP contribution in [-0.4, -0.2) is 25.7 Å². The summed E-state index contributed by atoms with van der Waals surface area (Å²) in [5.41, 5.74) is 9.50. The molecule has 0 fully saturated rings. The molecule has 0 saturated carbocycles. The molecule has 0 spiro atoms. The molecule has 0 radical (unpaired) electrons. The predicted molar refractivity (Wildman–Crippen MR) is 107 cm³/mol. The van der Waals surface area contributed by atoms with Gasteiger partial charge in [0, 0.05) is 31.1 Å². The summed E-state index contributed by atoms with van der Waals surface area (Å²) >= 11 is 0. The van der Waals surface area contributed by atoms with E-state index in [0.717, 1.165) is 60.4 Å². The van der Waals surface area contributed by atoms with Gasteiger partial charge >= 0.3 is 0 Å². The molecule has 0 aliphatic heterocycles. The third-order valence-corrected chi connectivity index (χ3v) is 4.87. The highest BCUT2D eigenvalue weighted by Crippen LogP contribution is 2.23. The summed E-state index contributed by atoms with van der Waals surface area (Å²) < 4.78 is 1.80. The van der Waals surface area contributed by atoms with Crippen LogP contribution in [0.4, 0.5) is 0 Å². The number of aryl methyl sites for hydroxylation is 2. The number of aromatic nitrogens is 4. The number of hydrogen-bond acceptors (Lipinski definition) is 3. The van der Waals surface area contributed by atoms with E-state index in [1.165, 1.54) is 0 Å². The first kappa shape index (κ1) is 18.9. The van der Waals surface area contributed by atoms with Gasteiger partial charge in [0.25, 0.3) is 0 Å². The van der Waals surface area contributed by atoms with E-state index >= 15 is 0 Å². The standard InChI is InChI=1S/C21H27N5O/c1-15(21(22)27)6-4-3-5-7-20-23-14-19(24-20)17-10-8-16(9-11-17)18-12-13-26(2)25-18/h8-15H,3-7H2,1-2H3,(H2,22,27)(H,23,24). The first-order valence-corrected chi connectivity index (χ1v) is 9.46. The zero-order valence-electron chi connectivity index (χ0n) is 16.0. The first-order chi connectivity index (χ1) is 13.0. The van der Waals surface area contributed by atoms with Gasteiger partial charge in [0.1, 0.15) is 5.82 Å². The number of unbranched alkanes of at least 4 members (excludes halogenated alkanes) is 2. The van der Waals surface area contributed by atoms with Crippen molar-refractivity contribution in [1.29, 1.82) is 0 Å². The minimum atomic E-state index is -0.209. The number of hydrogen-bond donors (Lipinski definition) is 2. The second-order valence-corrected chi connectivity index (χ2v) is 7.10. The fraction of sp³-hybridized carbons (Fsp3) is 0.381. The van der Waals surface area contributed by atoms with Gasteiger partial charge in [0.15, 0.2) is 0 Å². The highest BCUT2D eigenvalue weighted by Gasteiger charge is 2.08. The van der Waals surface area contributed by atoms with Crippen LogP contribution < -0.4 is 5.73 Å². The number of nitrogens with two attached hydrogens (primary N) is 1. The van der Waals surface area contributed by atoms with Crippen LogP contribution in [0.3, 0.4) is 0 Å². The average molecular weight is 365 g/mol. The number of primary amides is 1. The number of imidazole rings is 1. The monoisotopic (exact) mass is 365 g/mol. The molecule has 2 aromatic heterocycles. The van der Waals surface area contributed by atoms with Crippen LogP contribution in [0.25, 0.3) is 22.5 Å². The minimum absolute atomic E-state index is 0.0331. The van der Waals surface area contributed by atoms with Crippen molar-refractivity contribution in [2.24, 2.45) is 18.7 Å². The lowest BCUT2D eigenvalue weighted by Crippen LogP contribution is -2.20. The van der Waals surface area contributed by atoms with Crippen molar-refractivity contribution in [3.63, 3.8) is 0 Å². The van der Waals surface area contributed by atoms with Gasteiger partial charge in [0.2, 0.25) is 5.91 Å². The second kappa shape index (κ2) is 8.66. The maximum absolute atomic E-state index is 11.0. The number of nitrogens with one attached hydrogen (secondary N) is 1. The van der Waals surface area contributed by atoms with Gasteiger partial charge in [0.05, 0.1) is 17.6 Å². The number of benzene rings is 1. The van der Waals surface area contributed by atoms with Gasteiger partial charge < -0.3 is 10.7 Å². The molecule has 0 bridgehead atoms. The molecular formula is C21H27N5O. The van der Waals surface area contributed by atoms with Crippen LogP contribution in [-0.2, 0) is 18.3 Å². The summed E-state index contributed by atoms with van der Waals surface area (Å²) in [5.74, 6) is 0.760. The molecule has 1 atom stereocenters. The SMILES string of the molecule is CC(CCCCCc1ncc(-c2ccc(-c3ccn(C)n3)cc2)[nH]1)C(N)=O. The molecule has 2 heterocycles. The summed E-state index contributed by atoms with van der Waals surface area (Å²) in [6.07, 6.45) is 8.76. The van der Waals surface area contributed by atoms with E-state index in [2.05, 4.69) is 39.3 Å². The highest BCUT2D eigenvalue weighted by atomic mass is 16.1. The molecule has 1 unspecified atom stereocenters. The van der Waals surface area contributed by atoms with E-state index in [1.807, 2.05) is 32.4 Å².